The third kappa shape index (κ3) is 2.34. The standard InChI is InChI=1S/C9H7N5.C3H4N2/c1-3-13-14(5-1)9-7-2-4-10-8(7)11-6-12-9;1-2-4-5-3-1/h1-6H,(H,10,11,12);1-3H,(H,4,5). The van der Waals surface area contributed by atoms with Gasteiger partial charge in [0.15, 0.2) is 5.82 Å². The van der Waals surface area contributed by atoms with Gasteiger partial charge in [0.25, 0.3) is 0 Å². The Morgan fingerprint density at radius 3 is 2.74 bits per heavy atom. The van der Waals surface area contributed by atoms with Gasteiger partial charge in [-0.15, -0.1) is 0 Å². The lowest BCUT2D eigenvalue weighted by Gasteiger charge is -1.99. The number of fused-ring (bicyclic) bond motifs is 1. The number of H-pyrrole nitrogens is 2. The zero-order valence-electron chi connectivity index (χ0n) is 9.93. The van der Waals surface area contributed by atoms with Crippen LogP contribution in [0.5, 0.6) is 0 Å². The third-order valence-electron chi connectivity index (χ3n) is 2.46. The molecule has 0 aromatic carbocycles. The molecule has 0 aliphatic carbocycles. The number of nitrogens with one attached hydrogen (secondary N) is 2. The summed E-state index contributed by atoms with van der Waals surface area (Å²) >= 11 is 0. The first kappa shape index (κ1) is 11.1. The highest BCUT2D eigenvalue weighted by Crippen LogP contribution is 2.15. The summed E-state index contributed by atoms with van der Waals surface area (Å²) in [6.45, 7) is 0. The first-order valence-corrected chi connectivity index (χ1v) is 5.67. The van der Waals surface area contributed by atoms with Crippen LogP contribution in [0.2, 0.25) is 0 Å². The molecule has 0 unspecified atom stereocenters. The highest BCUT2D eigenvalue weighted by molar-refractivity contribution is 5.82. The van der Waals surface area contributed by atoms with Gasteiger partial charge in [-0.05, 0) is 18.2 Å². The fraction of sp³-hybridized carbons (Fsp3) is 0. The number of rotatable bonds is 1. The fourth-order valence-electron chi connectivity index (χ4n) is 1.65. The molecule has 0 saturated carbocycles. The summed E-state index contributed by atoms with van der Waals surface area (Å²) in [5.74, 6) is 0.793. The first-order chi connectivity index (χ1) is 9.45. The average Bonchev–Trinajstić information content (AvgIpc) is 3.20. The van der Waals surface area contributed by atoms with Crippen LogP contribution < -0.4 is 0 Å². The summed E-state index contributed by atoms with van der Waals surface area (Å²) < 4.78 is 1.72. The molecule has 0 saturated heterocycles. The van der Waals surface area contributed by atoms with E-state index in [1.54, 1.807) is 23.3 Å². The van der Waals surface area contributed by atoms with Crippen LogP contribution in [0.1, 0.15) is 0 Å². The van der Waals surface area contributed by atoms with Crippen molar-refractivity contribution in [3.8, 4) is 5.82 Å². The van der Waals surface area contributed by atoms with Gasteiger partial charge in [-0.25, -0.2) is 14.6 Å². The second kappa shape index (κ2) is 5.13. The molecule has 0 bridgehead atoms. The number of nitrogens with zero attached hydrogens (tertiary/aromatic N) is 5. The van der Waals surface area contributed by atoms with E-state index in [0.717, 1.165) is 16.9 Å². The topological polar surface area (TPSA) is 88.1 Å². The van der Waals surface area contributed by atoms with Crippen LogP contribution in [0.15, 0.2) is 55.5 Å². The number of aromatic amines is 2. The van der Waals surface area contributed by atoms with Gasteiger partial charge in [0, 0.05) is 31.0 Å². The molecule has 2 N–H and O–H groups in total. The fourth-order valence-corrected chi connectivity index (χ4v) is 1.65. The van der Waals surface area contributed by atoms with Gasteiger partial charge in [-0.3, -0.25) is 5.10 Å². The Morgan fingerprint density at radius 1 is 1.05 bits per heavy atom. The van der Waals surface area contributed by atoms with E-state index in [4.69, 9.17) is 0 Å². The maximum atomic E-state index is 4.19. The van der Waals surface area contributed by atoms with Crippen LogP contribution in [0.25, 0.3) is 16.9 Å². The van der Waals surface area contributed by atoms with E-state index in [1.165, 1.54) is 6.33 Å². The van der Waals surface area contributed by atoms with Crippen molar-refractivity contribution in [1.82, 2.24) is 34.9 Å². The van der Waals surface area contributed by atoms with Crippen molar-refractivity contribution in [3.05, 3.63) is 55.5 Å². The maximum Gasteiger partial charge on any atom is 0.166 e. The van der Waals surface area contributed by atoms with E-state index < -0.39 is 0 Å². The van der Waals surface area contributed by atoms with Gasteiger partial charge in [-0.1, -0.05) is 0 Å². The molecule has 4 rings (SSSR count). The SMILES string of the molecule is c1cn[nH]c1.c1cnn(-c2ncnc3[nH]ccc23)c1. The smallest absolute Gasteiger partial charge is 0.166 e. The molecule has 0 radical (unpaired) electrons. The summed E-state index contributed by atoms with van der Waals surface area (Å²) in [6, 6.07) is 5.63. The summed E-state index contributed by atoms with van der Waals surface area (Å²) in [6.07, 6.45) is 10.4. The summed E-state index contributed by atoms with van der Waals surface area (Å²) in [5, 5.41) is 11.3. The number of hydrogen-bond acceptors (Lipinski definition) is 4. The Morgan fingerprint density at radius 2 is 2.05 bits per heavy atom. The molecule has 7 nitrogen and oxygen atoms in total. The highest BCUT2D eigenvalue weighted by Gasteiger charge is 2.05. The van der Waals surface area contributed by atoms with E-state index in [2.05, 4.69) is 30.2 Å². The Labute approximate surface area is 108 Å². The summed E-state index contributed by atoms with van der Waals surface area (Å²) in [7, 11) is 0. The molecule has 0 fully saturated rings. The molecule has 94 valence electrons. The Hall–Kier alpha value is -2.96. The lowest BCUT2D eigenvalue weighted by molar-refractivity contribution is 0.851. The third-order valence-corrected chi connectivity index (χ3v) is 2.46. The number of hydrogen-bond donors (Lipinski definition) is 2. The van der Waals surface area contributed by atoms with Gasteiger partial charge >= 0.3 is 0 Å². The van der Waals surface area contributed by atoms with Crippen LogP contribution in [-0.4, -0.2) is 34.9 Å². The van der Waals surface area contributed by atoms with Gasteiger partial charge in [-0.2, -0.15) is 10.2 Å². The maximum absolute atomic E-state index is 4.19. The molecule has 19 heavy (non-hydrogen) atoms. The largest absolute Gasteiger partial charge is 0.346 e. The van der Waals surface area contributed by atoms with E-state index in [9.17, 15) is 0 Å². The van der Waals surface area contributed by atoms with Gasteiger partial charge in [0.2, 0.25) is 0 Å². The molecule has 4 heterocycles. The van der Waals surface area contributed by atoms with E-state index in [1.807, 2.05) is 30.6 Å². The van der Waals surface area contributed by atoms with E-state index >= 15 is 0 Å². The predicted molar refractivity (Wildman–Crippen MR) is 69.6 cm³/mol. The second-order valence-corrected chi connectivity index (χ2v) is 3.65. The molecule has 4 aromatic rings. The van der Waals surface area contributed by atoms with Crippen molar-refractivity contribution >= 4 is 11.0 Å². The first-order valence-electron chi connectivity index (χ1n) is 5.67. The molecule has 0 aliphatic heterocycles. The van der Waals surface area contributed by atoms with E-state index in [-0.39, 0.29) is 0 Å². The van der Waals surface area contributed by atoms with Crippen molar-refractivity contribution in [1.29, 1.82) is 0 Å². The van der Waals surface area contributed by atoms with Crippen LogP contribution in [-0.2, 0) is 0 Å². The quantitative estimate of drug-likeness (QED) is 0.538. The Bertz CT molecular complexity index is 707. The molecule has 4 aromatic heterocycles. The van der Waals surface area contributed by atoms with Crippen molar-refractivity contribution in [2.75, 3.05) is 0 Å². The van der Waals surface area contributed by atoms with Crippen molar-refractivity contribution in [3.63, 3.8) is 0 Å². The van der Waals surface area contributed by atoms with Crippen LogP contribution in [0, 0.1) is 0 Å². The minimum Gasteiger partial charge on any atom is -0.346 e. The van der Waals surface area contributed by atoms with Crippen molar-refractivity contribution in [2.45, 2.75) is 0 Å². The molecule has 0 spiro atoms. The van der Waals surface area contributed by atoms with Gasteiger partial charge in [0.1, 0.15) is 12.0 Å². The number of aromatic nitrogens is 7. The highest BCUT2D eigenvalue weighted by atomic mass is 15.3. The molecular formula is C12H11N7. The lowest BCUT2D eigenvalue weighted by Crippen LogP contribution is -1.98. The lowest BCUT2D eigenvalue weighted by atomic mass is 10.4. The minimum atomic E-state index is 0.793. The molecule has 7 heteroatoms. The van der Waals surface area contributed by atoms with E-state index in [0.29, 0.717) is 0 Å². The average molecular weight is 253 g/mol. The van der Waals surface area contributed by atoms with Gasteiger partial charge < -0.3 is 4.98 Å². The van der Waals surface area contributed by atoms with Crippen LogP contribution in [0.4, 0.5) is 0 Å². The predicted octanol–water partition coefficient (Wildman–Crippen LogP) is 1.55. The molecule has 0 amide bonds. The van der Waals surface area contributed by atoms with Gasteiger partial charge in [0.05, 0.1) is 5.39 Å². The second-order valence-electron chi connectivity index (χ2n) is 3.65. The van der Waals surface area contributed by atoms with Crippen molar-refractivity contribution < 1.29 is 0 Å². The Balaban J connectivity index is 0.000000187. The monoisotopic (exact) mass is 253 g/mol. The van der Waals surface area contributed by atoms with Crippen molar-refractivity contribution in [2.24, 2.45) is 0 Å². The normalized spacial score (nSPS) is 10.1. The minimum absolute atomic E-state index is 0.793. The summed E-state index contributed by atoms with van der Waals surface area (Å²) in [5.41, 5.74) is 0.825. The summed E-state index contributed by atoms with van der Waals surface area (Å²) in [4.78, 5) is 11.3. The Kier molecular flexibility index (Phi) is 3.01. The molecule has 0 aliphatic rings. The van der Waals surface area contributed by atoms with Crippen LogP contribution in [0.3, 0.4) is 0 Å². The van der Waals surface area contributed by atoms with Crippen LogP contribution >= 0.6 is 0 Å². The molecular weight excluding hydrogens is 242 g/mol. The zero-order chi connectivity index (χ0) is 12.9. The molecule has 0 atom stereocenters. The zero-order valence-corrected chi connectivity index (χ0v) is 9.93.